The van der Waals surface area contributed by atoms with Crippen LogP contribution in [0.25, 0.3) is 10.8 Å². The molecule has 0 radical (unpaired) electrons. The number of carbonyl (C=O) groups excluding carboxylic acids is 1. The molecule has 0 atom stereocenters. The predicted octanol–water partition coefficient (Wildman–Crippen LogP) is 4.50. The normalized spacial score (nSPS) is 10.3. The lowest BCUT2D eigenvalue weighted by Gasteiger charge is -2.10. The highest BCUT2D eigenvalue weighted by molar-refractivity contribution is 5.95. The molecule has 8 nitrogen and oxygen atoms in total. The highest BCUT2D eigenvalue weighted by Gasteiger charge is 2.15. The monoisotopic (exact) mass is 353 g/mol. The van der Waals surface area contributed by atoms with Gasteiger partial charge in [0.2, 0.25) is 0 Å². The van der Waals surface area contributed by atoms with Gasteiger partial charge >= 0.3 is 6.09 Å². The molecule has 0 aliphatic rings. The van der Waals surface area contributed by atoms with Crippen LogP contribution in [0.1, 0.15) is 6.92 Å². The van der Waals surface area contributed by atoms with Crippen LogP contribution in [0.3, 0.4) is 0 Å². The number of non-ortho nitro benzene ring substituents is 1. The maximum atomic E-state index is 11.5. The fraction of sp³-hybridized carbons (Fsp3) is 0.111. The van der Waals surface area contributed by atoms with Gasteiger partial charge in [0.25, 0.3) is 5.69 Å². The van der Waals surface area contributed by atoms with Gasteiger partial charge in [-0.05, 0) is 25.1 Å². The third-order valence-electron chi connectivity index (χ3n) is 3.52. The second kappa shape index (κ2) is 7.47. The van der Waals surface area contributed by atoms with Crippen LogP contribution in [0, 0.1) is 10.1 Å². The van der Waals surface area contributed by atoms with Crippen molar-refractivity contribution in [3.8, 4) is 11.5 Å². The summed E-state index contributed by atoms with van der Waals surface area (Å²) in [7, 11) is 0. The van der Waals surface area contributed by atoms with Crippen molar-refractivity contribution in [1.29, 1.82) is 0 Å². The Kier molecular flexibility index (Phi) is 4.93. The number of nitrogens with zero attached hydrogens (tertiary/aromatic N) is 2. The van der Waals surface area contributed by atoms with Crippen LogP contribution in [-0.2, 0) is 4.74 Å². The van der Waals surface area contributed by atoms with Gasteiger partial charge < -0.3 is 9.47 Å². The maximum Gasteiger partial charge on any atom is 0.412 e. The van der Waals surface area contributed by atoms with E-state index in [-0.39, 0.29) is 18.1 Å². The van der Waals surface area contributed by atoms with Crippen LogP contribution in [0.5, 0.6) is 11.5 Å². The molecule has 1 aromatic heterocycles. The molecule has 132 valence electrons. The van der Waals surface area contributed by atoms with Gasteiger partial charge in [0.05, 0.1) is 16.9 Å². The van der Waals surface area contributed by atoms with Crippen LogP contribution in [0.15, 0.2) is 54.7 Å². The fourth-order valence-corrected chi connectivity index (χ4v) is 2.45. The van der Waals surface area contributed by atoms with E-state index in [1.807, 2.05) is 0 Å². The van der Waals surface area contributed by atoms with Crippen molar-refractivity contribution in [1.82, 2.24) is 4.98 Å². The quantitative estimate of drug-likeness (QED) is 0.535. The Bertz CT molecular complexity index is 974. The summed E-state index contributed by atoms with van der Waals surface area (Å²) in [6.45, 7) is 1.95. The Morgan fingerprint density at radius 2 is 1.96 bits per heavy atom. The van der Waals surface area contributed by atoms with Crippen LogP contribution in [0.4, 0.5) is 16.3 Å². The smallest absolute Gasteiger partial charge is 0.412 e. The average Bonchev–Trinajstić information content (AvgIpc) is 2.62. The Hall–Kier alpha value is -3.68. The zero-order valence-corrected chi connectivity index (χ0v) is 13.8. The maximum absolute atomic E-state index is 11.5. The second-order valence-electron chi connectivity index (χ2n) is 5.21. The molecule has 2 aromatic carbocycles. The number of hydrogen-bond donors (Lipinski definition) is 1. The van der Waals surface area contributed by atoms with Gasteiger partial charge in [-0.3, -0.25) is 15.4 Å². The van der Waals surface area contributed by atoms with Gasteiger partial charge in [-0.1, -0.05) is 18.2 Å². The molecule has 3 aromatic rings. The van der Waals surface area contributed by atoms with E-state index in [9.17, 15) is 14.9 Å². The molecule has 26 heavy (non-hydrogen) atoms. The van der Waals surface area contributed by atoms with Gasteiger partial charge in [0.15, 0.2) is 0 Å². The number of nitro groups is 1. The molecule has 0 saturated heterocycles. The highest BCUT2D eigenvalue weighted by atomic mass is 16.6. The van der Waals surface area contributed by atoms with Crippen molar-refractivity contribution in [2.24, 2.45) is 0 Å². The number of anilines is 1. The standard InChI is InChI=1S/C18H15N3O5/c1-2-25-18(22)20-17-11-12(9-10-19-17)26-16-8-7-15(21(23)24)13-5-3-4-6-14(13)16/h3-11H,2H2,1H3,(H,19,20,22). The van der Waals surface area contributed by atoms with Crippen LogP contribution in [0.2, 0.25) is 0 Å². The molecule has 0 bridgehead atoms. The third kappa shape index (κ3) is 3.69. The number of carbonyl (C=O) groups is 1. The summed E-state index contributed by atoms with van der Waals surface area (Å²) in [6.07, 6.45) is 0.864. The number of fused-ring (bicyclic) bond motifs is 1. The Labute approximate surface area is 148 Å². The highest BCUT2D eigenvalue weighted by Crippen LogP contribution is 2.35. The summed E-state index contributed by atoms with van der Waals surface area (Å²) in [5, 5.41) is 14.8. The van der Waals surface area contributed by atoms with Crippen LogP contribution >= 0.6 is 0 Å². The largest absolute Gasteiger partial charge is 0.457 e. The Morgan fingerprint density at radius 3 is 2.69 bits per heavy atom. The van der Waals surface area contributed by atoms with Crippen molar-refractivity contribution < 1.29 is 19.2 Å². The van der Waals surface area contributed by atoms with E-state index in [0.717, 1.165) is 0 Å². The molecule has 1 N–H and O–H groups in total. The van der Waals surface area contributed by atoms with E-state index in [0.29, 0.717) is 22.3 Å². The van der Waals surface area contributed by atoms with Gasteiger partial charge in [-0.15, -0.1) is 0 Å². The van der Waals surface area contributed by atoms with E-state index >= 15 is 0 Å². The van der Waals surface area contributed by atoms with Crippen molar-refractivity contribution >= 4 is 28.4 Å². The summed E-state index contributed by atoms with van der Waals surface area (Å²) < 4.78 is 10.7. The topological polar surface area (TPSA) is 104 Å². The molecule has 0 aliphatic heterocycles. The van der Waals surface area contributed by atoms with E-state index in [1.54, 1.807) is 43.3 Å². The van der Waals surface area contributed by atoms with Crippen LogP contribution in [-0.4, -0.2) is 22.6 Å². The van der Waals surface area contributed by atoms with Gasteiger partial charge in [0.1, 0.15) is 17.3 Å². The van der Waals surface area contributed by atoms with E-state index in [2.05, 4.69) is 10.3 Å². The molecule has 0 spiro atoms. The number of ether oxygens (including phenoxy) is 2. The lowest BCUT2D eigenvalue weighted by Crippen LogP contribution is -2.14. The summed E-state index contributed by atoms with van der Waals surface area (Å²) in [6, 6.07) is 13.0. The molecular formula is C18H15N3O5. The average molecular weight is 353 g/mol. The Balaban J connectivity index is 1.91. The fourth-order valence-electron chi connectivity index (χ4n) is 2.45. The number of rotatable bonds is 5. The van der Waals surface area contributed by atoms with Gasteiger partial charge in [-0.2, -0.15) is 0 Å². The molecule has 8 heteroatoms. The molecular weight excluding hydrogens is 338 g/mol. The number of amides is 1. The first-order chi connectivity index (χ1) is 12.6. The SMILES string of the molecule is CCOC(=O)Nc1cc(Oc2ccc([N+](=O)[O-])c3ccccc23)ccn1. The molecule has 0 unspecified atom stereocenters. The number of benzene rings is 2. The van der Waals surface area contributed by atoms with E-state index < -0.39 is 11.0 Å². The Morgan fingerprint density at radius 1 is 1.19 bits per heavy atom. The molecule has 0 fully saturated rings. The molecule has 1 heterocycles. The number of aromatic nitrogens is 1. The van der Waals surface area contributed by atoms with Crippen molar-refractivity contribution in [2.75, 3.05) is 11.9 Å². The molecule has 1 amide bonds. The van der Waals surface area contributed by atoms with Gasteiger partial charge in [0, 0.05) is 23.7 Å². The molecule has 0 aliphatic carbocycles. The number of nitrogens with one attached hydrogen (secondary N) is 1. The summed E-state index contributed by atoms with van der Waals surface area (Å²) in [4.78, 5) is 26.3. The summed E-state index contributed by atoms with van der Waals surface area (Å²) >= 11 is 0. The van der Waals surface area contributed by atoms with E-state index in [1.165, 1.54) is 18.3 Å². The molecule has 0 saturated carbocycles. The lowest BCUT2D eigenvalue weighted by atomic mass is 10.1. The minimum atomic E-state index is -0.613. The minimum Gasteiger partial charge on any atom is -0.457 e. The van der Waals surface area contributed by atoms with Crippen molar-refractivity contribution in [3.63, 3.8) is 0 Å². The summed E-state index contributed by atoms with van der Waals surface area (Å²) in [5.41, 5.74) is 0.00680. The predicted molar refractivity (Wildman–Crippen MR) is 95.6 cm³/mol. The zero-order valence-electron chi connectivity index (χ0n) is 13.8. The van der Waals surface area contributed by atoms with Crippen LogP contribution < -0.4 is 10.1 Å². The first-order valence-electron chi connectivity index (χ1n) is 7.82. The first kappa shape index (κ1) is 17.2. The number of pyridine rings is 1. The zero-order chi connectivity index (χ0) is 18.5. The summed E-state index contributed by atoms with van der Waals surface area (Å²) in [5.74, 6) is 1.15. The second-order valence-corrected chi connectivity index (χ2v) is 5.21. The van der Waals surface area contributed by atoms with Crippen molar-refractivity contribution in [3.05, 3.63) is 64.8 Å². The number of hydrogen-bond acceptors (Lipinski definition) is 6. The first-order valence-corrected chi connectivity index (χ1v) is 7.82. The van der Waals surface area contributed by atoms with Crippen molar-refractivity contribution in [2.45, 2.75) is 6.92 Å². The molecule has 3 rings (SSSR count). The van der Waals surface area contributed by atoms with E-state index in [4.69, 9.17) is 9.47 Å². The minimum absolute atomic E-state index is 0.00680. The lowest BCUT2D eigenvalue weighted by molar-refractivity contribution is -0.383. The third-order valence-corrected chi connectivity index (χ3v) is 3.52. The van der Waals surface area contributed by atoms with Gasteiger partial charge in [-0.25, -0.2) is 9.78 Å². The number of nitro benzene ring substituents is 1.